The molecule has 0 fully saturated rings. The number of aliphatic imine (C=N–C) groups is 1. The van der Waals surface area contributed by atoms with Gasteiger partial charge in [-0.25, -0.2) is 9.67 Å². The maximum absolute atomic E-state index is 13.0. The van der Waals surface area contributed by atoms with Crippen molar-refractivity contribution >= 4 is 34.5 Å². The maximum atomic E-state index is 13.0. The summed E-state index contributed by atoms with van der Waals surface area (Å²) in [5.74, 6) is 2.31. The Morgan fingerprint density at radius 3 is 2.56 bits per heavy atom. The normalized spacial score (nSPS) is 11.6. The quantitative estimate of drug-likeness (QED) is 0.272. The first-order valence-electron chi connectivity index (χ1n) is 12.1. The number of nitrogens with one attached hydrogen (secondary N) is 1. The average Bonchev–Trinajstić information content (AvgIpc) is 3.38. The summed E-state index contributed by atoms with van der Waals surface area (Å²) in [7, 11) is 3.13. The van der Waals surface area contributed by atoms with Gasteiger partial charge in [-0.15, -0.1) is 0 Å². The lowest BCUT2D eigenvalue weighted by atomic mass is 10.2. The number of fused-ring (bicyclic) bond motifs is 1. The van der Waals surface area contributed by atoms with E-state index in [0.29, 0.717) is 52.4 Å². The Labute approximate surface area is 225 Å². The second-order valence-electron chi connectivity index (χ2n) is 7.90. The van der Waals surface area contributed by atoms with Crippen LogP contribution in [0.1, 0.15) is 24.3 Å². The van der Waals surface area contributed by atoms with E-state index in [4.69, 9.17) is 24.7 Å². The lowest BCUT2D eigenvalue weighted by molar-refractivity contribution is 0.101. The molecular weight excluding hydrogens is 502 g/mol. The van der Waals surface area contributed by atoms with Gasteiger partial charge in [0, 0.05) is 23.9 Å². The van der Waals surface area contributed by atoms with Crippen LogP contribution in [0, 0.1) is 0 Å². The molecule has 0 unspecified atom stereocenters. The highest BCUT2D eigenvalue weighted by Gasteiger charge is 2.20. The Kier molecular flexibility index (Phi) is 8.69. The zero-order valence-corrected chi connectivity index (χ0v) is 22.0. The fourth-order valence-electron chi connectivity index (χ4n) is 3.67. The van der Waals surface area contributed by atoms with Crippen molar-refractivity contribution in [3.05, 3.63) is 60.7 Å². The van der Waals surface area contributed by atoms with Gasteiger partial charge in [-0.1, -0.05) is 6.08 Å². The van der Waals surface area contributed by atoms with E-state index in [1.165, 1.54) is 10.9 Å². The van der Waals surface area contributed by atoms with Crippen molar-refractivity contribution in [3.8, 4) is 28.7 Å². The third-order valence-electron chi connectivity index (χ3n) is 5.50. The topological polar surface area (TPSA) is 148 Å². The summed E-state index contributed by atoms with van der Waals surface area (Å²) in [6, 6.07) is 8.64. The van der Waals surface area contributed by atoms with Crippen molar-refractivity contribution in [2.75, 3.05) is 32.8 Å². The summed E-state index contributed by atoms with van der Waals surface area (Å²) < 4.78 is 24.0. The van der Waals surface area contributed by atoms with E-state index in [9.17, 15) is 4.79 Å². The molecular formula is C27H29N7O5. The molecule has 202 valence electrons. The first kappa shape index (κ1) is 27.1. The van der Waals surface area contributed by atoms with Gasteiger partial charge in [0.2, 0.25) is 0 Å². The first-order chi connectivity index (χ1) is 19.0. The van der Waals surface area contributed by atoms with Crippen LogP contribution in [0.25, 0.3) is 16.6 Å². The standard InChI is InChI=1S/C27H29N7O5/c1-5-17(13-29-16-28)34-15-24(38-6-2)26(33-34)27(35)32-25-8-7-18(14-31-25)39-21-9-10-30-20-12-23(37-4)22(36-3)11-19(20)21/h5,7-15H,6,16,28H2,1-4H3,(H,31,32,35)/b17-5+,29-13-. The van der Waals surface area contributed by atoms with Crippen LogP contribution in [0.4, 0.5) is 5.82 Å². The van der Waals surface area contributed by atoms with Crippen LogP contribution in [0.15, 0.2) is 60.0 Å². The van der Waals surface area contributed by atoms with Gasteiger partial charge >= 0.3 is 0 Å². The Morgan fingerprint density at radius 2 is 1.90 bits per heavy atom. The second kappa shape index (κ2) is 12.5. The Hall–Kier alpha value is -4.97. The summed E-state index contributed by atoms with van der Waals surface area (Å²) in [6.07, 6.45) is 8.13. The van der Waals surface area contributed by atoms with Crippen LogP contribution in [-0.2, 0) is 0 Å². The minimum absolute atomic E-state index is 0.104. The fourth-order valence-corrected chi connectivity index (χ4v) is 3.67. The summed E-state index contributed by atoms with van der Waals surface area (Å²) in [5.41, 5.74) is 6.88. The highest BCUT2D eigenvalue weighted by molar-refractivity contribution is 6.05. The number of nitrogens with two attached hydrogens (primary N) is 1. The highest BCUT2D eigenvalue weighted by atomic mass is 16.5. The molecule has 0 aliphatic heterocycles. The number of methoxy groups -OCH3 is 2. The fraction of sp³-hybridized carbons (Fsp3) is 0.222. The molecule has 1 aromatic carbocycles. The van der Waals surface area contributed by atoms with E-state index < -0.39 is 5.91 Å². The number of benzene rings is 1. The molecule has 0 bridgehead atoms. The first-order valence-corrected chi connectivity index (χ1v) is 12.1. The second-order valence-corrected chi connectivity index (χ2v) is 7.90. The maximum Gasteiger partial charge on any atom is 0.281 e. The number of anilines is 1. The van der Waals surface area contributed by atoms with E-state index in [0.717, 1.165) is 5.39 Å². The number of amides is 1. The molecule has 0 radical (unpaired) electrons. The highest BCUT2D eigenvalue weighted by Crippen LogP contribution is 2.36. The van der Waals surface area contributed by atoms with Gasteiger partial charge in [0.25, 0.3) is 5.91 Å². The smallest absolute Gasteiger partial charge is 0.281 e. The molecule has 0 saturated heterocycles. The molecule has 4 aromatic rings. The molecule has 12 nitrogen and oxygen atoms in total. The van der Waals surface area contributed by atoms with Gasteiger partial charge in [0.05, 0.1) is 51.1 Å². The molecule has 39 heavy (non-hydrogen) atoms. The van der Waals surface area contributed by atoms with Crippen LogP contribution in [0.5, 0.6) is 28.7 Å². The van der Waals surface area contributed by atoms with Crippen molar-refractivity contribution in [2.45, 2.75) is 13.8 Å². The third-order valence-corrected chi connectivity index (χ3v) is 5.50. The van der Waals surface area contributed by atoms with Crippen LogP contribution in [-0.4, -0.2) is 59.4 Å². The number of ether oxygens (including phenoxy) is 4. The van der Waals surface area contributed by atoms with Gasteiger partial charge in [-0.05, 0) is 38.1 Å². The largest absolute Gasteiger partial charge is 0.493 e. The van der Waals surface area contributed by atoms with Gasteiger partial charge in [0.1, 0.15) is 17.3 Å². The van der Waals surface area contributed by atoms with Crippen molar-refractivity contribution in [2.24, 2.45) is 10.7 Å². The number of rotatable bonds is 11. The van der Waals surface area contributed by atoms with Crippen LogP contribution in [0.3, 0.4) is 0 Å². The number of nitrogens with zero attached hydrogens (tertiary/aromatic N) is 5. The zero-order chi connectivity index (χ0) is 27.8. The number of carbonyl (C=O) groups is 1. The lowest BCUT2D eigenvalue weighted by Gasteiger charge is -2.12. The third kappa shape index (κ3) is 6.13. The molecule has 3 heterocycles. The molecule has 3 N–H and O–H groups in total. The van der Waals surface area contributed by atoms with Gasteiger partial charge in [-0.2, -0.15) is 5.10 Å². The monoisotopic (exact) mass is 531 g/mol. The molecule has 0 spiro atoms. The lowest BCUT2D eigenvalue weighted by Crippen LogP contribution is -2.15. The zero-order valence-electron chi connectivity index (χ0n) is 22.0. The molecule has 0 aliphatic carbocycles. The molecule has 0 atom stereocenters. The molecule has 0 aliphatic rings. The number of carbonyl (C=O) groups excluding carboxylic acids is 1. The van der Waals surface area contributed by atoms with E-state index >= 15 is 0 Å². The van der Waals surface area contributed by atoms with Crippen molar-refractivity contribution < 1.29 is 23.7 Å². The van der Waals surface area contributed by atoms with Gasteiger partial charge in [-0.3, -0.25) is 14.8 Å². The SMILES string of the molecule is C/C=C(\C=N/CN)n1cc(OCC)c(C(=O)Nc2ccc(Oc3ccnc4cc(OC)c(OC)cc34)cn2)n1. The minimum Gasteiger partial charge on any atom is -0.493 e. The van der Waals surface area contributed by atoms with E-state index in [-0.39, 0.29) is 12.4 Å². The summed E-state index contributed by atoms with van der Waals surface area (Å²) in [5, 5.41) is 7.86. The Balaban J connectivity index is 1.53. The van der Waals surface area contributed by atoms with Crippen molar-refractivity contribution in [1.82, 2.24) is 19.7 Å². The van der Waals surface area contributed by atoms with Gasteiger partial charge < -0.3 is 30.0 Å². The van der Waals surface area contributed by atoms with Crippen LogP contribution in [0.2, 0.25) is 0 Å². The minimum atomic E-state index is -0.481. The summed E-state index contributed by atoms with van der Waals surface area (Å²) in [4.78, 5) is 25.8. The van der Waals surface area contributed by atoms with Crippen LogP contribution < -0.4 is 30.0 Å². The Bertz CT molecular complexity index is 1510. The van der Waals surface area contributed by atoms with Crippen molar-refractivity contribution in [3.63, 3.8) is 0 Å². The number of aromatic nitrogens is 4. The van der Waals surface area contributed by atoms with E-state index in [1.54, 1.807) is 69.2 Å². The van der Waals surface area contributed by atoms with Crippen LogP contribution >= 0.6 is 0 Å². The van der Waals surface area contributed by atoms with Crippen molar-refractivity contribution in [1.29, 1.82) is 0 Å². The van der Waals surface area contributed by atoms with E-state index in [1.807, 2.05) is 13.8 Å². The number of pyridine rings is 2. The average molecular weight is 532 g/mol. The summed E-state index contributed by atoms with van der Waals surface area (Å²) >= 11 is 0. The predicted molar refractivity (Wildman–Crippen MR) is 148 cm³/mol. The summed E-state index contributed by atoms with van der Waals surface area (Å²) in [6.45, 7) is 4.15. The molecule has 3 aromatic heterocycles. The number of allylic oxidation sites excluding steroid dienone is 2. The number of hydrogen-bond acceptors (Lipinski definition) is 10. The van der Waals surface area contributed by atoms with E-state index in [2.05, 4.69) is 25.4 Å². The number of hydrogen-bond donors (Lipinski definition) is 2. The predicted octanol–water partition coefficient (Wildman–Crippen LogP) is 4.13. The molecule has 0 saturated carbocycles. The molecule has 12 heteroatoms. The molecule has 4 rings (SSSR count). The molecule has 1 amide bonds. The van der Waals surface area contributed by atoms with Gasteiger partial charge in [0.15, 0.2) is 22.9 Å². The Morgan fingerprint density at radius 1 is 1.10 bits per heavy atom.